The Morgan fingerprint density at radius 1 is 1.23 bits per heavy atom. The highest BCUT2D eigenvalue weighted by Crippen LogP contribution is 2.14. The summed E-state index contributed by atoms with van der Waals surface area (Å²) in [5, 5.41) is 11.9. The van der Waals surface area contributed by atoms with Crippen molar-refractivity contribution in [1.82, 2.24) is 0 Å². The standard InChI is InChI=1S/C10H16N2O/c1-7(11)9-3-5-10(6-4-9)12-8(2)13/h3-8,12-13H,11H2,1-2H3. The third-order valence-corrected chi connectivity index (χ3v) is 1.81. The van der Waals surface area contributed by atoms with E-state index in [1.165, 1.54) is 0 Å². The largest absolute Gasteiger partial charge is 0.374 e. The van der Waals surface area contributed by atoms with Crippen molar-refractivity contribution in [2.45, 2.75) is 26.1 Å². The molecule has 3 heteroatoms. The fraction of sp³-hybridized carbons (Fsp3) is 0.400. The first-order valence-electron chi connectivity index (χ1n) is 4.39. The van der Waals surface area contributed by atoms with Gasteiger partial charge in [-0.15, -0.1) is 0 Å². The maximum Gasteiger partial charge on any atom is 0.121 e. The van der Waals surface area contributed by atoms with Crippen molar-refractivity contribution in [3.05, 3.63) is 29.8 Å². The minimum Gasteiger partial charge on any atom is -0.374 e. The maximum absolute atomic E-state index is 9.05. The topological polar surface area (TPSA) is 58.3 Å². The van der Waals surface area contributed by atoms with E-state index < -0.39 is 6.23 Å². The van der Waals surface area contributed by atoms with E-state index in [0.717, 1.165) is 11.3 Å². The summed E-state index contributed by atoms with van der Waals surface area (Å²) in [6.45, 7) is 3.62. The predicted octanol–water partition coefficient (Wildman–Crippen LogP) is 1.46. The zero-order chi connectivity index (χ0) is 9.84. The Morgan fingerprint density at radius 2 is 1.77 bits per heavy atom. The smallest absolute Gasteiger partial charge is 0.121 e. The summed E-state index contributed by atoms with van der Waals surface area (Å²) in [6.07, 6.45) is -0.527. The third-order valence-electron chi connectivity index (χ3n) is 1.81. The molecule has 13 heavy (non-hydrogen) atoms. The first-order valence-corrected chi connectivity index (χ1v) is 4.39. The van der Waals surface area contributed by atoms with Crippen LogP contribution in [0.1, 0.15) is 25.5 Å². The highest BCUT2D eigenvalue weighted by molar-refractivity contribution is 5.45. The van der Waals surface area contributed by atoms with Gasteiger partial charge in [0.2, 0.25) is 0 Å². The molecule has 0 fully saturated rings. The zero-order valence-corrected chi connectivity index (χ0v) is 7.99. The van der Waals surface area contributed by atoms with Crippen molar-refractivity contribution >= 4 is 5.69 Å². The summed E-state index contributed by atoms with van der Waals surface area (Å²) in [4.78, 5) is 0. The average Bonchev–Trinajstić information content (AvgIpc) is 2.04. The molecule has 1 aromatic carbocycles. The van der Waals surface area contributed by atoms with Gasteiger partial charge in [0.15, 0.2) is 0 Å². The van der Waals surface area contributed by atoms with Gasteiger partial charge in [0, 0.05) is 11.7 Å². The molecule has 0 aliphatic rings. The molecule has 0 amide bonds. The Bertz CT molecular complexity index is 254. The minimum absolute atomic E-state index is 0.0561. The van der Waals surface area contributed by atoms with E-state index in [0.29, 0.717) is 0 Å². The summed E-state index contributed by atoms with van der Waals surface area (Å²) in [5.74, 6) is 0. The highest BCUT2D eigenvalue weighted by Gasteiger charge is 1.99. The van der Waals surface area contributed by atoms with E-state index in [1.54, 1.807) is 6.92 Å². The Balaban J connectivity index is 2.70. The molecular weight excluding hydrogens is 164 g/mol. The molecule has 2 unspecified atom stereocenters. The molecular formula is C10H16N2O. The Hall–Kier alpha value is -1.06. The Labute approximate surface area is 78.6 Å². The summed E-state index contributed by atoms with van der Waals surface area (Å²) >= 11 is 0. The highest BCUT2D eigenvalue weighted by atomic mass is 16.3. The lowest BCUT2D eigenvalue weighted by molar-refractivity contribution is 0.224. The van der Waals surface area contributed by atoms with Crippen LogP contribution in [0.2, 0.25) is 0 Å². The van der Waals surface area contributed by atoms with Crippen molar-refractivity contribution in [1.29, 1.82) is 0 Å². The molecule has 72 valence electrons. The average molecular weight is 180 g/mol. The van der Waals surface area contributed by atoms with Crippen LogP contribution in [0.25, 0.3) is 0 Å². The SMILES string of the molecule is CC(O)Nc1ccc(C(C)N)cc1. The molecule has 1 aromatic rings. The van der Waals surface area contributed by atoms with E-state index in [-0.39, 0.29) is 6.04 Å². The summed E-state index contributed by atoms with van der Waals surface area (Å²) in [6, 6.07) is 7.78. The second kappa shape index (κ2) is 4.25. The van der Waals surface area contributed by atoms with Crippen LogP contribution >= 0.6 is 0 Å². The Kier molecular flexibility index (Phi) is 3.28. The van der Waals surface area contributed by atoms with Crippen LogP contribution in [0, 0.1) is 0 Å². The van der Waals surface area contributed by atoms with Crippen molar-refractivity contribution in [3.63, 3.8) is 0 Å². The fourth-order valence-electron chi connectivity index (χ4n) is 1.12. The van der Waals surface area contributed by atoms with E-state index >= 15 is 0 Å². The van der Waals surface area contributed by atoms with Gasteiger partial charge in [-0.25, -0.2) is 0 Å². The van der Waals surface area contributed by atoms with Gasteiger partial charge in [-0.2, -0.15) is 0 Å². The number of aliphatic hydroxyl groups is 1. The fourth-order valence-corrected chi connectivity index (χ4v) is 1.12. The van der Waals surface area contributed by atoms with Crippen molar-refractivity contribution in [2.75, 3.05) is 5.32 Å². The molecule has 0 spiro atoms. The first kappa shape index (κ1) is 10.0. The van der Waals surface area contributed by atoms with E-state index in [1.807, 2.05) is 31.2 Å². The second-order valence-corrected chi connectivity index (χ2v) is 3.23. The molecule has 1 rings (SSSR count). The number of rotatable bonds is 3. The van der Waals surface area contributed by atoms with Gasteiger partial charge in [0.25, 0.3) is 0 Å². The van der Waals surface area contributed by atoms with E-state index in [2.05, 4.69) is 5.32 Å². The minimum atomic E-state index is -0.527. The van der Waals surface area contributed by atoms with Crippen LogP contribution in [0.5, 0.6) is 0 Å². The number of anilines is 1. The van der Waals surface area contributed by atoms with Gasteiger partial charge >= 0.3 is 0 Å². The van der Waals surface area contributed by atoms with Gasteiger partial charge < -0.3 is 16.2 Å². The summed E-state index contributed by atoms with van der Waals surface area (Å²) < 4.78 is 0. The summed E-state index contributed by atoms with van der Waals surface area (Å²) in [5.41, 5.74) is 7.69. The number of nitrogens with two attached hydrogens (primary N) is 1. The van der Waals surface area contributed by atoms with Gasteiger partial charge in [-0.3, -0.25) is 0 Å². The number of hydrogen-bond acceptors (Lipinski definition) is 3. The molecule has 0 saturated carbocycles. The predicted molar refractivity (Wildman–Crippen MR) is 54.3 cm³/mol. The third kappa shape index (κ3) is 3.05. The van der Waals surface area contributed by atoms with Gasteiger partial charge in [0.1, 0.15) is 6.23 Å². The number of benzene rings is 1. The monoisotopic (exact) mass is 180 g/mol. The molecule has 0 aliphatic heterocycles. The normalized spacial score (nSPS) is 15.1. The van der Waals surface area contributed by atoms with Gasteiger partial charge in [0.05, 0.1) is 0 Å². The van der Waals surface area contributed by atoms with Gasteiger partial charge in [-0.1, -0.05) is 12.1 Å². The lowest BCUT2D eigenvalue weighted by atomic mass is 10.1. The van der Waals surface area contributed by atoms with Crippen LogP contribution in [0.4, 0.5) is 5.69 Å². The second-order valence-electron chi connectivity index (χ2n) is 3.23. The number of aliphatic hydroxyl groups excluding tert-OH is 1. The van der Waals surface area contributed by atoms with Crippen LogP contribution in [0.15, 0.2) is 24.3 Å². The van der Waals surface area contributed by atoms with Crippen molar-refractivity contribution in [3.8, 4) is 0 Å². The quantitative estimate of drug-likeness (QED) is 0.617. The molecule has 3 nitrogen and oxygen atoms in total. The molecule has 0 bridgehead atoms. The molecule has 0 aromatic heterocycles. The summed E-state index contributed by atoms with van der Waals surface area (Å²) in [7, 11) is 0. The molecule has 4 N–H and O–H groups in total. The lowest BCUT2D eigenvalue weighted by Gasteiger charge is -2.10. The first-order chi connectivity index (χ1) is 6.09. The van der Waals surface area contributed by atoms with Crippen molar-refractivity contribution < 1.29 is 5.11 Å². The van der Waals surface area contributed by atoms with Gasteiger partial charge in [-0.05, 0) is 31.5 Å². The zero-order valence-electron chi connectivity index (χ0n) is 7.99. The molecule has 0 heterocycles. The van der Waals surface area contributed by atoms with Crippen LogP contribution in [-0.4, -0.2) is 11.3 Å². The van der Waals surface area contributed by atoms with Crippen LogP contribution < -0.4 is 11.1 Å². The Morgan fingerprint density at radius 3 is 2.15 bits per heavy atom. The van der Waals surface area contributed by atoms with Crippen LogP contribution in [-0.2, 0) is 0 Å². The van der Waals surface area contributed by atoms with Crippen LogP contribution in [0.3, 0.4) is 0 Å². The number of hydrogen-bond donors (Lipinski definition) is 3. The van der Waals surface area contributed by atoms with Crippen molar-refractivity contribution in [2.24, 2.45) is 5.73 Å². The molecule has 0 radical (unpaired) electrons. The molecule has 2 atom stereocenters. The van der Waals surface area contributed by atoms with E-state index in [9.17, 15) is 0 Å². The van der Waals surface area contributed by atoms with E-state index in [4.69, 9.17) is 10.8 Å². The lowest BCUT2D eigenvalue weighted by Crippen LogP contribution is -2.13. The maximum atomic E-state index is 9.05. The molecule has 0 aliphatic carbocycles. The molecule has 0 saturated heterocycles. The number of nitrogens with one attached hydrogen (secondary N) is 1.